The van der Waals surface area contributed by atoms with Gasteiger partial charge in [-0.1, -0.05) is 0 Å². The molecule has 1 N–H and O–H groups in total. The highest BCUT2D eigenvalue weighted by Crippen LogP contribution is 2.39. The second-order valence-corrected chi connectivity index (χ2v) is 6.89. The number of ether oxygens (including phenoxy) is 1. The third-order valence-electron chi connectivity index (χ3n) is 2.44. The maximum atomic E-state index is 12.4. The summed E-state index contributed by atoms with van der Waals surface area (Å²) < 4.78 is 38.3. The Balaban J connectivity index is 2.43. The van der Waals surface area contributed by atoms with Gasteiger partial charge in [-0.05, 0) is 40.0 Å². The first-order chi connectivity index (χ1) is 7.52. The normalized spacial score (nSPS) is 18.6. The molecule has 0 aromatic rings. The molecule has 5 nitrogen and oxygen atoms in total. The average molecular weight is 267 g/mol. The first-order valence-electron chi connectivity index (χ1n) is 5.45. The van der Waals surface area contributed by atoms with Crippen LogP contribution >= 0.6 is 0 Å². The zero-order valence-electron chi connectivity index (χ0n) is 10.2. The molecule has 0 unspecified atom stereocenters. The first kappa shape index (κ1) is 14.2. The van der Waals surface area contributed by atoms with Gasteiger partial charge in [0.25, 0.3) is 0 Å². The van der Waals surface area contributed by atoms with Gasteiger partial charge in [0.15, 0.2) is 0 Å². The lowest BCUT2D eigenvalue weighted by molar-refractivity contribution is 0.0495. The fourth-order valence-corrected chi connectivity index (χ4v) is 2.06. The molecule has 0 atom stereocenters. The smallest absolute Gasteiger partial charge is 0.408 e. The number of nitrogens with one attached hydrogen (secondary N) is 1. The Bertz CT molecular complexity index is 395. The molecule has 0 aliphatic heterocycles. The van der Waals surface area contributed by atoms with Gasteiger partial charge in [-0.3, -0.25) is 0 Å². The lowest BCUT2D eigenvalue weighted by atomic mass is 10.2. The quantitative estimate of drug-likeness (QED) is 0.787. The summed E-state index contributed by atoms with van der Waals surface area (Å²) in [5.41, 5.74) is -1.20. The Kier molecular flexibility index (Phi) is 3.71. The van der Waals surface area contributed by atoms with E-state index in [1.165, 1.54) is 0 Å². The number of amides is 1. The number of halogens is 1. The molecular weight excluding hydrogens is 249 g/mol. The van der Waals surface area contributed by atoms with Gasteiger partial charge in [0.1, 0.15) is 5.60 Å². The Morgan fingerprint density at radius 2 is 1.94 bits per heavy atom. The largest absolute Gasteiger partial charge is 0.444 e. The first-order valence-corrected chi connectivity index (χ1v) is 7.00. The van der Waals surface area contributed by atoms with Crippen molar-refractivity contribution in [3.8, 4) is 0 Å². The molecule has 0 radical (unpaired) electrons. The van der Waals surface area contributed by atoms with E-state index in [2.05, 4.69) is 5.32 Å². The Labute approximate surface area is 101 Å². The zero-order valence-corrected chi connectivity index (χ0v) is 11.1. The van der Waals surface area contributed by atoms with Crippen molar-refractivity contribution < 1.29 is 21.8 Å². The second kappa shape index (κ2) is 4.44. The summed E-state index contributed by atoms with van der Waals surface area (Å²) in [4.78, 5) is 11.5. The van der Waals surface area contributed by atoms with Crippen molar-refractivity contribution in [3.05, 3.63) is 0 Å². The summed E-state index contributed by atoms with van der Waals surface area (Å²) in [6.07, 6.45) is 0.806. The highest BCUT2D eigenvalue weighted by Gasteiger charge is 2.45. The Hall–Kier alpha value is -0.850. The van der Waals surface area contributed by atoms with Crippen LogP contribution in [-0.2, 0) is 15.0 Å². The molecule has 1 rings (SSSR count). The van der Waals surface area contributed by atoms with Crippen LogP contribution in [0.5, 0.6) is 0 Å². The SMILES string of the molecule is CC(C)(C)OC(=O)NC1(CCS(=O)(=O)F)CC1. The predicted molar refractivity (Wildman–Crippen MR) is 60.8 cm³/mol. The van der Waals surface area contributed by atoms with E-state index >= 15 is 0 Å². The van der Waals surface area contributed by atoms with Crippen molar-refractivity contribution in [1.29, 1.82) is 0 Å². The standard InChI is InChI=1S/C10H18FNO4S/c1-9(2,3)16-8(13)12-10(4-5-10)6-7-17(11,14)15/h4-7H2,1-3H3,(H,12,13). The van der Waals surface area contributed by atoms with Gasteiger partial charge < -0.3 is 10.1 Å². The number of carbonyl (C=O) groups is 1. The predicted octanol–water partition coefficient (Wildman–Crippen LogP) is 1.73. The number of hydrogen-bond donors (Lipinski definition) is 1. The van der Waals surface area contributed by atoms with Gasteiger partial charge >= 0.3 is 16.3 Å². The number of alkyl carbamates (subject to hydrolysis) is 1. The molecule has 1 aliphatic rings. The van der Waals surface area contributed by atoms with Crippen LogP contribution in [0.4, 0.5) is 8.68 Å². The third-order valence-corrected chi connectivity index (χ3v) is 3.14. The van der Waals surface area contributed by atoms with Gasteiger partial charge in [-0.25, -0.2) is 4.79 Å². The van der Waals surface area contributed by atoms with Crippen LogP contribution in [0.3, 0.4) is 0 Å². The molecule has 17 heavy (non-hydrogen) atoms. The topological polar surface area (TPSA) is 72.5 Å². The van der Waals surface area contributed by atoms with E-state index in [1.54, 1.807) is 20.8 Å². The van der Waals surface area contributed by atoms with Crippen LogP contribution in [-0.4, -0.2) is 31.4 Å². The lowest BCUT2D eigenvalue weighted by Gasteiger charge is -2.23. The van der Waals surface area contributed by atoms with E-state index in [1.807, 2.05) is 0 Å². The van der Waals surface area contributed by atoms with Crippen LogP contribution in [0.1, 0.15) is 40.0 Å². The molecular formula is C10H18FNO4S. The fourth-order valence-electron chi connectivity index (χ4n) is 1.43. The number of hydrogen-bond acceptors (Lipinski definition) is 4. The molecule has 0 spiro atoms. The third kappa shape index (κ3) is 5.86. The fraction of sp³-hybridized carbons (Fsp3) is 0.900. The van der Waals surface area contributed by atoms with E-state index in [4.69, 9.17) is 4.74 Å². The van der Waals surface area contributed by atoms with Crippen molar-refractivity contribution in [2.75, 3.05) is 5.75 Å². The summed E-state index contributed by atoms with van der Waals surface area (Å²) in [5.74, 6) is -0.567. The van der Waals surface area contributed by atoms with Crippen molar-refractivity contribution in [3.63, 3.8) is 0 Å². The van der Waals surface area contributed by atoms with Crippen LogP contribution in [0.25, 0.3) is 0 Å². The molecule has 100 valence electrons. The Morgan fingerprint density at radius 3 is 2.29 bits per heavy atom. The molecule has 7 heteroatoms. The molecule has 1 saturated carbocycles. The van der Waals surface area contributed by atoms with Crippen molar-refractivity contribution in [2.24, 2.45) is 0 Å². The zero-order chi connectivity index (χ0) is 13.3. The second-order valence-electron chi connectivity index (χ2n) is 5.40. The molecule has 0 saturated heterocycles. The van der Waals surface area contributed by atoms with Gasteiger partial charge in [0.2, 0.25) is 0 Å². The van der Waals surface area contributed by atoms with Crippen molar-refractivity contribution in [1.82, 2.24) is 5.32 Å². The van der Waals surface area contributed by atoms with E-state index in [9.17, 15) is 17.1 Å². The van der Waals surface area contributed by atoms with Gasteiger partial charge in [0.05, 0.1) is 5.75 Å². The molecule has 0 aromatic carbocycles. The molecule has 0 aromatic heterocycles. The van der Waals surface area contributed by atoms with Crippen LogP contribution < -0.4 is 5.32 Å². The van der Waals surface area contributed by atoms with Gasteiger partial charge in [0, 0.05) is 5.54 Å². The lowest BCUT2D eigenvalue weighted by Crippen LogP contribution is -2.41. The Morgan fingerprint density at radius 1 is 1.41 bits per heavy atom. The minimum absolute atomic E-state index is 0.0884. The van der Waals surface area contributed by atoms with E-state index in [0.29, 0.717) is 12.8 Å². The molecule has 0 heterocycles. The van der Waals surface area contributed by atoms with Crippen molar-refractivity contribution >= 4 is 16.3 Å². The number of rotatable bonds is 4. The molecule has 1 aliphatic carbocycles. The summed E-state index contributed by atoms with van der Waals surface area (Å²) in [6, 6.07) is 0. The van der Waals surface area contributed by atoms with Crippen LogP contribution in [0.15, 0.2) is 0 Å². The van der Waals surface area contributed by atoms with Gasteiger partial charge in [-0.2, -0.15) is 8.42 Å². The molecule has 1 amide bonds. The summed E-state index contributed by atoms with van der Waals surface area (Å²) in [6.45, 7) is 5.20. The van der Waals surface area contributed by atoms with Gasteiger partial charge in [-0.15, -0.1) is 3.89 Å². The summed E-state index contributed by atoms with van der Waals surface area (Å²) >= 11 is 0. The molecule has 1 fully saturated rings. The summed E-state index contributed by atoms with van der Waals surface area (Å²) in [7, 11) is -4.48. The monoisotopic (exact) mass is 267 g/mol. The van der Waals surface area contributed by atoms with E-state index in [0.717, 1.165) is 0 Å². The van der Waals surface area contributed by atoms with Crippen LogP contribution in [0.2, 0.25) is 0 Å². The minimum atomic E-state index is -4.48. The van der Waals surface area contributed by atoms with Crippen molar-refractivity contribution in [2.45, 2.75) is 51.2 Å². The maximum absolute atomic E-state index is 12.4. The average Bonchev–Trinajstić information content (AvgIpc) is 2.77. The minimum Gasteiger partial charge on any atom is -0.444 e. The summed E-state index contributed by atoms with van der Waals surface area (Å²) in [5, 5.41) is 2.60. The molecule has 0 bridgehead atoms. The highest BCUT2D eigenvalue weighted by atomic mass is 32.3. The number of carbonyl (C=O) groups excluding carboxylic acids is 1. The highest BCUT2D eigenvalue weighted by molar-refractivity contribution is 7.86. The van der Waals surface area contributed by atoms with E-state index < -0.39 is 33.2 Å². The van der Waals surface area contributed by atoms with Crippen LogP contribution in [0, 0.1) is 0 Å². The van der Waals surface area contributed by atoms with E-state index in [-0.39, 0.29) is 6.42 Å². The maximum Gasteiger partial charge on any atom is 0.408 e.